The zero-order valence-electron chi connectivity index (χ0n) is 9.49. The minimum atomic E-state index is -1.01. The molecule has 1 unspecified atom stereocenters. The molecule has 0 aromatic heterocycles. The smallest absolute Gasteiger partial charge is 0.125 e. The van der Waals surface area contributed by atoms with Crippen LogP contribution in [0.5, 0.6) is 5.75 Å². The molecule has 1 aromatic rings. The van der Waals surface area contributed by atoms with Crippen LogP contribution < -0.4 is 4.74 Å². The summed E-state index contributed by atoms with van der Waals surface area (Å²) < 4.78 is 10.4. The van der Waals surface area contributed by atoms with Crippen LogP contribution in [0.1, 0.15) is 19.4 Å². The van der Waals surface area contributed by atoms with Crippen molar-refractivity contribution in [2.45, 2.75) is 19.4 Å². The van der Waals surface area contributed by atoms with Crippen molar-refractivity contribution >= 4 is 0 Å². The van der Waals surface area contributed by atoms with E-state index >= 15 is 0 Å². The number of ether oxygens (including phenoxy) is 2. The molecule has 3 heteroatoms. The monoisotopic (exact) mass is 210 g/mol. The van der Waals surface area contributed by atoms with Gasteiger partial charge < -0.3 is 14.6 Å². The van der Waals surface area contributed by atoms with Crippen molar-refractivity contribution in [1.29, 1.82) is 0 Å². The van der Waals surface area contributed by atoms with Crippen LogP contribution in [-0.2, 0) is 10.3 Å². The van der Waals surface area contributed by atoms with Gasteiger partial charge in [0.1, 0.15) is 11.4 Å². The third-order valence-corrected chi connectivity index (χ3v) is 2.27. The van der Waals surface area contributed by atoms with E-state index in [1.165, 1.54) is 0 Å². The molecule has 1 aromatic carbocycles. The second-order valence-electron chi connectivity index (χ2n) is 3.61. The number of benzene rings is 1. The Morgan fingerprint density at radius 2 is 2.00 bits per heavy atom. The Hall–Kier alpha value is -1.06. The van der Waals surface area contributed by atoms with Gasteiger partial charge in [-0.1, -0.05) is 18.2 Å². The minimum Gasteiger partial charge on any atom is -0.496 e. The highest BCUT2D eigenvalue weighted by atomic mass is 16.5. The maximum absolute atomic E-state index is 10.2. The van der Waals surface area contributed by atoms with Gasteiger partial charge in [0.2, 0.25) is 0 Å². The third-order valence-electron chi connectivity index (χ3n) is 2.27. The topological polar surface area (TPSA) is 38.7 Å². The van der Waals surface area contributed by atoms with Crippen LogP contribution in [0.25, 0.3) is 0 Å². The molecule has 0 spiro atoms. The molecule has 1 atom stereocenters. The minimum absolute atomic E-state index is 0.268. The molecule has 0 bridgehead atoms. The molecule has 84 valence electrons. The maximum atomic E-state index is 10.2. The lowest BCUT2D eigenvalue weighted by molar-refractivity contribution is -0.0356. The number of aliphatic hydroxyl groups is 1. The lowest BCUT2D eigenvalue weighted by Crippen LogP contribution is -2.28. The largest absolute Gasteiger partial charge is 0.496 e. The van der Waals surface area contributed by atoms with Gasteiger partial charge in [-0.3, -0.25) is 0 Å². The first kappa shape index (κ1) is 12.0. The first-order valence-corrected chi connectivity index (χ1v) is 5.05. The van der Waals surface area contributed by atoms with E-state index in [1.54, 1.807) is 14.0 Å². The Labute approximate surface area is 90.6 Å². The predicted octanol–water partition coefficient (Wildman–Crippen LogP) is 1.94. The van der Waals surface area contributed by atoms with E-state index in [0.29, 0.717) is 12.4 Å². The molecule has 0 aliphatic carbocycles. The maximum Gasteiger partial charge on any atom is 0.125 e. The zero-order valence-corrected chi connectivity index (χ0v) is 9.49. The predicted molar refractivity (Wildman–Crippen MR) is 59.1 cm³/mol. The Morgan fingerprint density at radius 1 is 1.33 bits per heavy atom. The van der Waals surface area contributed by atoms with Gasteiger partial charge in [-0.15, -0.1) is 0 Å². The summed E-state index contributed by atoms with van der Waals surface area (Å²) in [7, 11) is 1.59. The molecule has 0 fully saturated rings. The van der Waals surface area contributed by atoms with E-state index in [9.17, 15) is 5.11 Å². The van der Waals surface area contributed by atoms with Gasteiger partial charge in [-0.2, -0.15) is 0 Å². The molecule has 0 radical (unpaired) electrons. The normalized spacial score (nSPS) is 14.7. The first-order chi connectivity index (χ1) is 7.11. The quantitative estimate of drug-likeness (QED) is 0.807. The zero-order chi connectivity index (χ0) is 11.3. The molecule has 3 nitrogen and oxygen atoms in total. The van der Waals surface area contributed by atoms with Crippen LogP contribution in [0.4, 0.5) is 0 Å². The SMILES string of the molecule is CCOCC(C)(O)c1ccccc1OC. The third kappa shape index (κ3) is 2.94. The fourth-order valence-electron chi connectivity index (χ4n) is 1.47. The molecule has 0 aliphatic heterocycles. The molecule has 0 aliphatic rings. The van der Waals surface area contributed by atoms with Crippen LogP contribution in [0, 0.1) is 0 Å². The van der Waals surface area contributed by atoms with Crippen LogP contribution in [0.15, 0.2) is 24.3 Å². The van der Waals surface area contributed by atoms with E-state index < -0.39 is 5.60 Å². The lowest BCUT2D eigenvalue weighted by atomic mass is 9.96. The lowest BCUT2D eigenvalue weighted by Gasteiger charge is -2.25. The highest BCUT2D eigenvalue weighted by molar-refractivity contribution is 5.37. The molecule has 0 amide bonds. The molecule has 0 heterocycles. The van der Waals surface area contributed by atoms with Crippen molar-refractivity contribution in [2.24, 2.45) is 0 Å². The first-order valence-electron chi connectivity index (χ1n) is 5.05. The molecular formula is C12H18O3. The number of para-hydroxylation sites is 1. The van der Waals surface area contributed by atoms with Gasteiger partial charge in [0, 0.05) is 12.2 Å². The summed E-state index contributed by atoms with van der Waals surface area (Å²) in [6, 6.07) is 7.42. The van der Waals surface area contributed by atoms with Gasteiger partial charge in [-0.05, 0) is 19.9 Å². The second-order valence-corrected chi connectivity index (χ2v) is 3.61. The van der Waals surface area contributed by atoms with Crippen molar-refractivity contribution in [3.05, 3.63) is 29.8 Å². The Bertz CT molecular complexity index is 307. The molecular weight excluding hydrogens is 192 g/mol. The van der Waals surface area contributed by atoms with Gasteiger partial charge >= 0.3 is 0 Å². The van der Waals surface area contributed by atoms with Crippen molar-refractivity contribution in [2.75, 3.05) is 20.3 Å². The number of methoxy groups -OCH3 is 1. The fraction of sp³-hybridized carbons (Fsp3) is 0.500. The van der Waals surface area contributed by atoms with E-state index in [0.717, 1.165) is 5.56 Å². The summed E-state index contributed by atoms with van der Waals surface area (Å²) in [6.07, 6.45) is 0. The standard InChI is InChI=1S/C12H18O3/c1-4-15-9-12(2,13)10-7-5-6-8-11(10)14-3/h5-8,13H,4,9H2,1-3H3. The summed E-state index contributed by atoms with van der Waals surface area (Å²) in [4.78, 5) is 0. The average molecular weight is 210 g/mol. The Balaban J connectivity index is 2.92. The van der Waals surface area contributed by atoms with Crippen LogP contribution in [-0.4, -0.2) is 25.4 Å². The van der Waals surface area contributed by atoms with Crippen molar-refractivity contribution in [1.82, 2.24) is 0 Å². The summed E-state index contributed by atoms with van der Waals surface area (Å²) in [5.41, 5.74) is -0.260. The number of hydrogen-bond acceptors (Lipinski definition) is 3. The fourth-order valence-corrected chi connectivity index (χ4v) is 1.47. The number of hydrogen-bond donors (Lipinski definition) is 1. The van der Waals surface area contributed by atoms with Crippen LogP contribution >= 0.6 is 0 Å². The highest BCUT2D eigenvalue weighted by Gasteiger charge is 2.26. The van der Waals surface area contributed by atoms with Gasteiger partial charge in [0.05, 0.1) is 13.7 Å². The molecule has 0 saturated heterocycles. The summed E-state index contributed by atoms with van der Waals surface area (Å²) in [6.45, 7) is 4.48. The highest BCUT2D eigenvalue weighted by Crippen LogP contribution is 2.29. The second kappa shape index (κ2) is 5.14. The summed E-state index contributed by atoms with van der Waals surface area (Å²) in [5, 5.41) is 10.2. The number of rotatable bonds is 5. The summed E-state index contributed by atoms with van der Waals surface area (Å²) >= 11 is 0. The van der Waals surface area contributed by atoms with E-state index in [4.69, 9.17) is 9.47 Å². The van der Waals surface area contributed by atoms with Crippen LogP contribution in [0.3, 0.4) is 0 Å². The summed E-state index contributed by atoms with van der Waals surface area (Å²) in [5.74, 6) is 0.683. The van der Waals surface area contributed by atoms with Crippen LogP contribution in [0.2, 0.25) is 0 Å². The van der Waals surface area contributed by atoms with E-state index in [1.807, 2.05) is 31.2 Å². The van der Waals surface area contributed by atoms with E-state index in [-0.39, 0.29) is 6.61 Å². The Kier molecular flexibility index (Phi) is 4.12. The van der Waals surface area contributed by atoms with Crippen molar-refractivity contribution in [3.8, 4) is 5.75 Å². The molecule has 15 heavy (non-hydrogen) atoms. The molecule has 1 N–H and O–H groups in total. The molecule has 1 rings (SSSR count). The molecule has 0 saturated carbocycles. The Morgan fingerprint density at radius 3 is 2.60 bits per heavy atom. The van der Waals surface area contributed by atoms with Crippen molar-refractivity contribution < 1.29 is 14.6 Å². The van der Waals surface area contributed by atoms with Gasteiger partial charge in [0.15, 0.2) is 0 Å². The average Bonchev–Trinajstić information content (AvgIpc) is 2.26. The van der Waals surface area contributed by atoms with Gasteiger partial charge in [0.25, 0.3) is 0 Å². The van der Waals surface area contributed by atoms with E-state index in [2.05, 4.69) is 0 Å². The van der Waals surface area contributed by atoms with Crippen molar-refractivity contribution in [3.63, 3.8) is 0 Å². The van der Waals surface area contributed by atoms with Gasteiger partial charge in [-0.25, -0.2) is 0 Å².